The maximum atomic E-state index is 11.8. The molecule has 2 heterocycles. The van der Waals surface area contributed by atoms with E-state index in [0.29, 0.717) is 6.61 Å². The van der Waals surface area contributed by atoms with Gasteiger partial charge in [-0.3, -0.25) is 4.79 Å². The van der Waals surface area contributed by atoms with E-state index >= 15 is 0 Å². The number of fused-ring (bicyclic) bond motifs is 3. The number of esters is 1. The summed E-state index contributed by atoms with van der Waals surface area (Å²) in [6, 6.07) is 9.93. The fourth-order valence-corrected chi connectivity index (χ4v) is 2.42. The maximum Gasteiger partial charge on any atom is 0.310 e. The van der Waals surface area contributed by atoms with Gasteiger partial charge in [0.1, 0.15) is 0 Å². The molecule has 0 saturated heterocycles. The number of para-hydroxylation sites is 1. The van der Waals surface area contributed by atoms with Crippen LogP contribution in [-0.2, 0) is 16.0 Å². The van der Waals surface area contributed by atoms with Gasteiger partial charge in [-0.2, -0.15) is 0 Å². The first-order valence-corrected chi connectivity index (χ1v) is 6.28. The van der Waals surface area contributed by atoms with Crippen LogP contribution in [0.3, 0.4) is 0 Å². The quantitative estimate of drug-likeness (QED) is 0.675. The lowest BCUT2D eigenvalue weighted by molar-refractivity contribution is -0.142. The third-order valence-electron chi connectivity index (χ3n) is 3.18. The van der Waals surface area contributed by atoms with Crippen LogP contribution >= 0.6 is 0 Å². The Morgan fingerprint density at radius 1 is 1.26 bits per heavy atom. The zero-order chi connectivity index (χ0) is 13.2. The van der Waals surface area contributed by atoms with E-state index in [2.05, 4.69) is 4.98 Å². The van der Waals surface area contributed by atoms with E-state index in [9.17, 15) is 4.79 Å². The van der Waals surface area contributed by atoms with Gasteiger partial charge in [-0.05, 0) is 24.6 Å². The van der Waals surface area contributed by atoms with Gasteiger partial charge in [-0.25, -0.2) is 4.98 Å². The summed E-state index contributed by atoms with van der Waals surface area (Å²) < 4.78 is 7.05. The summed E-state index contributed by atoms with van der Waals surface area (Å²) in [5, 5.41) is 1.07. The molecule has 0 atom stereocenters. The molecule has 19 heavy (non-hydrogen) atoms. The highest BCUT2D eigenvalue weighted by molar-refractivity contribution is 5.95. The first-order valence-electron chi connectivity index (χ1n) is 6.28. The van der Waals surface area contributed by atoms with E-state index in [0.717, 1.165) is 22.0 Å². The Hall–Kier alpha value is -2.36. The van der Waals surface area contributed by atoms with Crippen LogP contribution in [0.4, 0.5) is 0 Å². The standard InChI is InChI=1S/C15H14N2O2/c1-2-19-15(18)9-12-11-5-3-4-6-13(11)17-10-16-8-7-14(12)17/h3-8,10H,2,9H2,1H3. The Labute approximate surface area is 110 Å². The Morgan fingerprint density at radius 2 is 2.11 bits per heavy atom. The van der Waals surface area contributed by atoms with Crippen molar-refractivity contribution < 1.29 is 9.53 Å². The zero-order valence-electron chi connectivity index (χ0n) is 10.7. The van der Waals surface area contributed by atoms with Crippen molar-refractivity contribution in [3.05, 3.63) is 48.4 Å². The number of benzene rings is 1. The molecule has 4 nitrogen and oxygen atoms in total. The topological polar surface area (TPSA) is 43.6 Å². The van der Waals surface area contributed by atoms with Crippen LogP contribution in [0.25, 0.3) is 16.4 Å². The van der Waals surface area contributed by atoms with Crippen LogP contribution in [0.2, 0.25) is 0 Å². The van der Waals surface area contributed by atoms with Crippen LogP contribution < -0.4 is 0 Å². The SMILES string of the molecule is CCOC(=O)Cc1c2ccccc2n2cnccc12. The van der Waals surface area contributed by atoms with E-state index in [1.165, 1.54) is 0 Å². The molecule has 2 aromatic heterocycles. The second kappa shape index (κ2) is 4.72. The van der Waals surface area contributed by atoms with Crippen LogP contribution in [0.15, 0.2) is 42.9 Å². The van der Waals surface area contributed by atoms with Crippen LogP contribution in [0.5, 0.6) is 0 Å². The summed E-state index contributed by atoms with van der Waals surface area (Å²) in [7, 11) is 0. The minimum absolute atomic E-state index is 0.197. The second-order valence-corrected chi connectivity index (χ2v) is 4.31. The Balaban J connectivity index is 2.22. The lowest BCUT2D eigenvalue weighted by Crippen LogP contribution is -2.07. The summed E-state index contributed by atoms with van der Waals surface area (Å²) in [5.74, 6) is -0.197. The average molecular weight is 254 g/mol. The maximum absolute atomic E-state index is 11.8. The highest BCUT2D eigenvalue weighted by Crippen LogP contribution is 2.26. The molecule has 0 unspecified atom stereocenters. The number of hydrogen-bond donors (Lipinski definition) is 0. The Bertz CT molecular complexity index is 693. The molecule has 0 bridgehead atoms. The molecular weight excluding hydrogens is 240 g/mol. The van der Waals surface area contributed by atoms with Gasteiger partial charge in [-0.1, -0.05) is 18.2 Å². The molecule has 1 aromatic carbocycles. The third-order valence-corrected chi connectivity index (χ3v) is 3.18. The summed E-state index contributed by atoms with van der Waals surface area (Å²) in [5.41, 5.74) is 3.06. The van der Waals surface area contributed by atoms with Gasteiger partial charge in [0.15, 0.2) is 0 Å². The predicted octanol–water partition coefficient (Wildman–Crippen LogP) is 2.59. The number of hydrogen-bond acceptors (Lipinski definition) is 3. The first kappa shape index (κ1) is 11.7. The molecule has 4 heteroatoms. The number of aromatic nitrogens is 2. The molecule has 0 aliphatic heterocycles. The highest BCUT2D eigenvalue weighted by atomic mass is 16.5. The van der Waals surface area contributed by atoms with Gasteiger partial charge >= 0.3 is 5.97 Å². The van der Waals surface area contributed by atoms with Crippen molar-refractivity contribution >= 4 is 22.4 Å². The van der Waals surface area contributed by atoms with E-state index in [1.54, 1.807) is 12.5 Å². The lowest BCUT2D eigenvalue weighted by atomic mass is 10.1. The molecule has 3 rings (SSSR count). The van der Waals surface area contributed by atoms with E-state index in [-0.39, 0.29) is 12.4 Å². The van der Waals surface area contributed by atoms with E-state index in [1.807, 2.05) is 41.7 Å². The van der Waals surface area contributed by atoms with Gasteiger partial charge < -0.3 is 9.14 Å². The first-order chi connectivity index (χ1) is 9.31. The molecule has 3 aromatic rings. The second-order valence-electron chi connectivity index (χ2n) is 4.31. The average Bonchev–Trinajstić information content (AvgIpc) is 2.75. The molecular formula is C15H14N2O2. The predicted molar refractivity (Wildman–Crippen MR) is 73.0 cm³/mol. The van der Waals surface area contributed by atoms with Gasteiger partial charge in [-0.15, -0.1) is 0 Å². The van der Waals surface area contributed by atoms with Crippen molar-refractivity contribution in [2.24, 2.45) is 0 Å². The van der Waals surface area contributed by atoms with E-state index in [4.69, 9.17) is 4.74 Å². The fraction of sp³-hybridized carbons (Fsp3) is 0.200. The Kier molecular flexibility index (Phi) is 2.91. The molecule has 0 aliphatic rings. The smallest absolute Gasteiger partial charge is 0.310 e. The molecule has 0 spiro atoms. The van der Waals surface area contributed by atoms with Crippen molar-refractivity contribution in [2.45, 2.75) is 13.3 Å². The molecule has 0 amide bonds. The summed E-state index contributed by atoms with van der Waals surface area (Å²) in [6.07, 6.45) is 3.80. The number of nitrogens with zero attached hydrogens (tertiary/aromatic N) is 2. The van der Waals surface area contributed by atoms with Crippen molar-refractivity contribution in [3.8, 4) is 0 Å². The minimum atomic E-state index is -0.197. The fourth-order valence-electron chi connectivity index (χ4n) is 2.42. The number of rotatable bonds is 3. The normalized spacial score (nSPS) is 11.0. The molecule has 0 radical (unpaired) electrons. The monoisotopic (exact) mass is 254 g/mol. The van der Waals surface area contributed by atoms with Gasteiger partial charge in [0.2, 0.25) is 0 Å². The molecule has 0 fully saturated rings. The van der Waals surface area contributed by atoms with Gasteiger partial charge in [0, 0.05) is 11.6 Å². The summed E-state index contributed by atoms with van der Waals surface area (Å²) in [4.78, 5) is 15.9. The summed E-state index contributed by atoms with van der Waals surface area (Å²) in [6.45, 7) is 2.22. The number of ether oxygens (including phenoxy) is 1. The zero-order valence-corrected chi connectivity index (χ0v) is 10.7. The molecule has 0 aliphatic carbocycles. The molecule has 0 saturated carbocycles. The summed E-state index contributed by atoms with van der Waals surface area (Å²) >= 11 is 0. The molecule has 96 valence electrons. The largest absolute Gasteiger partial charge is 0.466 e. The van der Waals surface area contributed by atoms with Crippen LogP contribution in [0, 0.1) is 0 Å². The van der Waals surface area contributed by atoms with Gasteiger partial charge in [0.05, 0.1) is 30.4 Å². The van der Waals surface area contributed by atoms with Crippen molar-refractivity contribution in [1.29, 1.82) is 0 Å². The number of carbonyl (C=O) groups is 1. The highest BCUT2D eigenvalue weighted by Gasteiger charge is 2.14. The van der Waals surface area contributed by atoms with Gasteiger partial charge in [0.25, 0.3) is 0 Å². The third kappa shape index (κ3) is 1.95. The van der Waals surface area contributed by atoms with Crippen molar-refractivity contribution in [3.63, 3.8) is 0 Å². The Morgan fingerprint density at radius 3 is 2.95 bits per heavy atom. The van der Waals surface area contributed by atoms with E-state index < -0.39 is 0 Å². The lowest BCUT2D eigenvalue weighted by Gasteiger charge is -2.01. The van der Waals surface area contributed by atoms with Crippen molar-refractivity contribution in [1.82, 2.24) is 9.38 Å². The number of carbonyl (C=O) groups excluding carboxylic acids is 1. The van der Waals surface area contributed by atoms with Crippen LogP contribution in [0.1, 0.15) is 12.5 Å². The molecule has 0 N–H and O–H groups in total. The minimum Gasteiger partial charge on any atom is -0.466 e. The van der Waals surface area contributed by atoms with Crippen molar-refractivity contribution in [2.75, 3.05) is 6.61 Å². The van der Waals surface area contributed by atoms with Crippen LogP contribution in [-0.4, -0.2) is 22.0 Å².